The third-order valence-electron chi connectivity index (χ3n) is 4.50. The van der Waals surface area contributed by atoms with Crippen LogP contribution in [0, 0.1) is 0 Å². The zero-order chi connectivity index (χ0) is 20.3. The number of rotatable bonds is 7. The molecule has 0 aliphatic rings. The van der Waals surface area contributed by atoms with Gasteiger partial charge in [-0.2, -0.15) is 5.10 Å². The minimum atomic E-state index is -1.16. The van der Waals surface area contributed by atoms with E-state index in [-0.39, 0.29) is 23.5 Å². The molecule has 2 heterocycles. The zero-order valence-electron chi connectivity index (χ0n) is 16.1. The van der Waals surface area contributed by atoms with Crippen LogP contribution < -0.4 is 10.9 Å². The number of carboxylic acids is 1. The van der Waals surface area contributed by atoms with Gasteiger partial charge in [-0.05, 0) is 27.4 Å². The molecule has 3 rings (SSSR count). The van der Waals surface area contributed by atoms with E-state index in [4.69, 9.17) is 0 Å². The standard InChI is InChI=1S/C20H23N5O3/c1-4-25-19(26)17(15(9-10-24(2)3)18(23-25)20(27)28)22-16-12-21-11-13-7-5-6-8-14(13)16/h5-8,11-12,22H,4,9-10H2,1-3H3,(H,27,28). The van der Waals surface area contributed by atoms with Gasteiger partial charge in [-0.25, -0.2) is 9.48 Å². The molecular formula is C20H23N5O3. The smallest absolute Gasteiger partial charge is 0.356 e. The highest BCUT2D eigenvalue weighted by Crippen LogP contribution is 2.26. The van der Waals surface area contributed by atoms with Gasteiger partial charge in [-0.15, -0.1) is 0 Å². The highest BCUT2D eigenvalue weighted by molar-refractivity contribution is 5.95. The van der Waals surface area contributed by atoms with Crippen LogP contribution in [-0.4, -0.2) is 51.4 Å². The summed E-state index contributed by atoms with van der Waals surface area (Å²) >= 11 is 0. The van der Waals surface area contributed by atoms with Gasteiger partial charge in [0.2, 0.25) is 0 Å². The van der Waals surface area contributed by atoms with E-state index in [2.05, 4.69) is 15.4 Å². The highest BCUT2D eigenvalue weighted by Gasteiger charge is 2.22. The zero-order valence-corrected chi connectivity index (χ0v) is 16.1. The summed E-state index contributed by atoms with van der Waals surface area (Å²) in [5, 5.41) is 18.7. The number of aromatic nitrogens is 3. The Kier molecular flexibility index (Phi) is 5.70. The molecule has 0 aliphatic carbocycles. The number of hydrogen-bond acceptors (Lipinski definition) is 6. The molecule has 28 heavy (non-hydrogen) atoms. The van der Waals surface area contributed by atoms with Gasteiger partial charge >= 0.3 is 5.97 Å². The number of aryl methyl sites for hydroxylation is 1. The highest BCUT2D eigenvalue weighted by atomic mass is 16.4. The quantitative estimate of drug-likeness (QED) is 0.648. The van der Waals surface area contributed by atoms with Gasteiger partial charge in [0.05, 0.1) is 11.9 Å². The van der Waals surface area contributed by atoms with Crippen molar-refractivity contribution in [3.05, 3.63) is 58.3 Å². The number of carbonyl (C=O) groups is 1. The van der Waals surface area contributed by atoms with E-state index >= 15 is 0 Å². The van der Waals surface area contributed by atoms with Crippen molar-refractivity contribution >= 4 is 28.1 Å². The summed E-state index contributed by atoms with van der Waals surface area (Å²) in [4.78, 5) is 31.0. The fourth-order valence-corrected chi connectivity index (χ4v) is 3.05. The van der Waals surface area contributed by atoms with Gasteiger partial charge in [0.25, 0.3) is 5.56 Å². The maximum atomic E-state index is 13.0. The van der Waals surface area contributed by atoms with Crippen molar-refractivity contribution in [2.45, 2.75) is 19.9 Å². The minimum absolute atomic E-state index is 0.112. The first-order valence-electron chi connectivity index (χ1n) is 9.04. The van der Waals surface area contributed by atoms with E-state index in [9.17, 15) is 14.7 Å². The Labute approximate surface area is 162 Å². The van der Waals surface area contributed by atoms with Gasteiger partial charge in [0.1, 0.15) is 5.69 Å². The molecule has 0 saturated heterocycles. The number of anilines is 2. The average molecular weight is 381 g/mol. The van der Waals surface area contributed by atoms with Crippen LogP contribution in [0.15, 0.2) is 41.5 Å². The molecule has 0 unspecified atom stereocenters. The monoisotopic (exact) mass is 381 g/mol. The normalized spacial score (nSPS) is 11.1. The molecule has 2 N–H and O–H groups in total. The summed E-state index contributed by atoms with van der Waals surface area (Å²) in [6.07, 6.45) is 3.75. The van der Waals surface area contributed by atoms with E-state index in [1.807, 2.05) is 43.3 Å². The number of aromatic carboxylic acids is 1. The molecule has 0 fully saturated rings. The molecule has 0 aliphatic heterocycles. The molecule has 2 aromatic heterocycles. The third-order valence-corrected chi connectivity index (χ3v) is 4.50. The first kappa shape index (κ1) is 19.5. The van der Waals surface area contributed by atoms with Gasteiger partial charge in [0, 0.05) is 35.6 Å². The predicted molar refractivity (Wildman–Crippen MR) is 108 cm³/mol. The van der Waals surface area contributed by atoms with Crippen molar-refractivity contribution in [2.24, 2.45) is 0 Å². The summed E-state index contributed by atoms with van der Waals surface area (Å²) < 4.78 is 1.17. The second kappa shape index (κ2) is 8.18. The van der Waals surface area contributed by atoms with Crippen molar-refractivity contribution < 1.29 is 9.90 Å². The maximum absolute atomic E-state index is 13.0. The molecular weight excluding hydrogens is 358 g/mol. The molecule has 0 amide bonds. The molecule has 3 aromatic rings. The largest absolute Gasteiger partial charge is 0.476 e. The van der Waals surface area contributed by atoms with Crippen LogP contribution >= 0.6 is 0 Å². The lowest BCUT2D eigenvalue weighted by Crippen LogP contribution is -2.30. The second-order valence-corrected chi connectivity index (χ2v) is 6.71. The van der Waals surface area contributed by atoms with Gasteiger partial charge < -0.3 is 15.3 Å². The summed E-state index contributed by atoms with van der Waals surface area (Å²) in [5.74, 6) is -1.16. The Hall–Kier alpha value is -3.26. The van der Waals surface area contributed by atoms with Crippen LogP contribution in [0.5, 0.6) is 0 Å². The van der Waals surface area contributed by atoms with Crippen LogP contribution in [0.25, 0.3) is 10.8 Å². The summed E-state index contributed by atoms with van der Waals surface area (Å²) in [7, 11) is 3.78. The van der Waals surface area contributed by atoms with Crippen molar-refractivity contribution in [1.82, 2.24) is 19.7 Å². The van der Waals surface area contributed by atoms with E-state index in [1.54, 1.807) is 19.3 Å². The summed E-state index contributed by atoms with van der Waals surface area (Å²) in [6, 6.07) is 7.67. The number of nitrogens with one attached hydrogen (secondary N) is 1. The van der Waals surface area contributed by atoms with Crippen molar-refractivity contribution in [1.29, 1.82) is 0 Å². The SMILES string of the molecule is CCn1nc(C(=O)O)c(CCN(C)C)c(Nc2cncc3ccccc23)c1=O. The van der Waals surface area contributed by atoms with Crippen LogP contribution in [0.2, 0.25) is 0 Å². The van der Waals surface area contributed by atoms with E-state index < -0.39 is 5.97 Å². The van der Waals surface area contributed by atoms with Crippen molar-refractivity contribution in [3.8, 4) is 0 Å². The fourth-order valence-electron chi connectivity index (χ4n) is 3.05. The molecule has 146 valence electrons. The first-order chi connectivity index (χ1) is 13.4. The number of pyridine rings is 1. The Morgan fingerprint density at radius 1 is 1.25 bits per heavy atom. The predicted octanol–water partition coefficient (Wildman–Crippen LogP) is 2.36. The van der Waals surface area contributed by atoms with E-state index in [0.717, 1.165) is 10.8 Å². The third kappa shape index (κ3) is 3.86. The van der Waals surface area contributed by atoms with Crippen molar-refractivity contribution in [3.63, 3.8) is 0 Å². The summed E-state index contributed by atoms with van der Waals surface area (Å²) in [6.45, 7) is 2.61. The number of carboxylic acid groups (broad SMARTS) is 1. The van der Waals surface area contributed by atoms with Gasteiger partial charge in [0.15, 0.2) is 5.69 Å². The molecule has 1 aromatic carbocycles. The van der Waals surface area contributed by atoms with Crippen molar-refractivity contribution in [2.75, 3.05) is 26.0 Å². The average Bonchev–Trinajstić information content (AvgIpc) is 2.68. The lowest BCUT2D eigenvalue weighted by Gasteiger charge is -2.18. The number of hydrogen-bond donors (Lipinski definition) is 2. The fraction of sp³-hybridized carbons (Fsp3) is 0.300. The Balaban J connectivity index is 2.20. The number of fused-ring (bicyclic) bond motifs is 1. The molecule has 8 nitrogen and oxygen atoms in total. The first-order valence-corrected chi connectivity index (χ1v) is 9.04. The van der Waals surface area contributed by atoms with Crippen LogP contribution in [0.4, 0.5) is 11.4 Å². The second-order valence-electron chi connectivity index (χ2n) is 6.71. The lowest BCUT2D eigenvalue weighted by molar-refractivity contribution is 0.0686. The van der Waals surface area contributed by atoms with E-state index in [0.29, 0.717) is 24.2 Å². The Bertz CT molecular complexity index is 1070. The van der Waals surface area contributed by atoms with Crippen LogP contribution in [0.1, 0.15) is 23.0 Å². The molecule has 0 bridgehead atoms. The molecule has 0 atom stereocenters. The topological polar surface area (TPSA) is 100 Å². The molecule has 8 heteroatoms. The number of likely N-dealkylation sites (N-methyl/N-ethyl adjacent to an activating group) is 1. The lowest BCUT2D eigenvalue weighted by atomic mass is 10.1. The molecule has 0 spiro atoms. The number of benzene rings is 1. The Morgan fingerprint density at radius 2 is 2.00 bits per heavy atom. The van der Waals surface area contributed by atoms with Gasteiger partial charge in [-0.3, -0.25) is 9.78 Å². The summed E-state index contributed by atoms with van der Waals surface area (Å²) in [5.41, 5.74) is 0.803. The van der Waals surface area contributed by atoms with Crippen LogP contribution in [0.3, 0.4) is 0 Å². The maximum Gasteiger partial charge on any atom is 0.356 e. The van der Waals surface area contributed by atoms with E-state index in [1.165, 1.54) is 4.68 Å². The Morgan fingerprint density at radius 3 is 2.68 bits per heavy atom. The van der Waals surface area contributed by atoms with Crippen LogP contribution in [-0.2, 0) is 13.0 Å². The number of nitrogens with zero attached hydrogens (tertiary/aromatic N) is 4. The molecule has 0 saturated carbocycles. The minimum Gasteiger partial charge on any atom is -0.476 e. The van der Waals surface area contributed by atoms with Gasteiger partial charge in [-0.1, -0.05) is 24.3 Å². The molecule has 0 radical (unpaired) electrons.